The van der Waals surface area contributed by atoms with Crippen molar-refractivity contribution >= 4 is 29.1 Å². The second kappa shape index (κ2) is 6.59. The summed E-state index contributed by atoms with van der Waals surface area (Å²) >= 11 is 3.68. The number of carbonyl (C=O) groups excluding carboxylic acids is 1. The molecule has 0 saturated carbocycles. The van der Waals surface area contributed by atoms with Crippen molar-refractivity contribution in [1.82, 2.24) is 5.32 Å². The summed E-state index contributed by atoms with van der Waals surface area (Å²) in [6.07, 6.45) is 1.58. The van der Waals surface area contributed by atoms with Crippen LogP contribution in [-0.2, 0) is 9.53 Å². The minimum atomic E-state index is -0.153. The first-order chi connectivity index (χ1) is 8.69. The van der Waals surface area contributed by atoms with Crippen LogP contribution < -0.4 is 5.32 Å². The highest BCUT2D eigenvalue weighted by Crippen LogP contribution is 2.30. The molecule has 1 aromatic rings. The summed E-state index contributed by atoms with van der Waals surface area (Å²) in [6.45, 7) is 2.26. The topological polar surface area (TPSA) is 38.3 Å². The Bertz CT molecular complexity index is 380. The summed E-state index contributed by atoms with van der Waals surface area (Å²) < 4.78 is 4.78. The van der Waals surface area contributed by atoms with E-state index in [1.165, 1.54) is 18.4 Å². The first-order valence-corrected chi connectivity index (χ1v) is 8.09. The highest BCUT2D eigenvalue weighted by molar-refractivity contribution is 8.00. The van der Waals surface area contributed by atoms with Gasteiger partial charge in [0.25, 0.3) is 0 Å². The SMILES string of the molecule is COC(=O)CC(NC1CSC(C)C1)c1cccs1. The van der Waals surface area contributed by atoms with Crippen LogP contribution in [0, 0.1) is 0 Å². The smallest absolute Gasteiger partial charge is 0.307 e. The summed E-state index contributed by atoms with van der Waals surface area (Å²) in [5, 5.41) is 6.36. The zero-order valence-corrected chi connectivity index (χ0v) is 12.4. The molecule has 3 nitrogen and oxygen atoms in total. The second-order valence-electron chi connectivity index (χ2n) is 4.59. The van der Waals surface area contributed by atoms with Gasteiger partial charge in [-0.05, 0) is 17.9 Å². The van der Waals surface area contributed by atoms with Gasteiger partial charge in [-0.25, -0.2) is 0 Å². The normalized spacial score (nSPS) is 25.0. The zero-order valence-electron chi connectivity index (χ0n) is 10.7. The van der Waals surface area contributed by atoms with Crippen molar-refractivity contribution in [2.24, 2.45) is 0 Å². The number of hydrogen-bond acceptors (Lipinski definition) is 5. The van der Waals surface area contributed by atoms with Gasteiger partial charge in [0.15, 0.2) is 0 Å². The average molecular weight is 285 g/mol. The first-order valence-electron chi connectivity index (χ1n) is 6.17. The predicted octanol–water partition coefficient (Wildman–Crippen LogP) is 2.84. The number of hydrogen-bond donors (Lipinski definition) is 1. The Balaban J connectivity index is 1.98. The summed E-state index contributed by atoms with van der Waals surface area (Å²) in [7, 11) is 1.45. The van der Waals surface area contributed by atoms with Crippen molar-refractivity contribution in [2.75, 3.05) is 12.9 Å². The Morgan fingerprint density at radius 1 is 1.67 bits per heavy atom. The molecule has 0 aromatic carbocycles. The Hall–Kier alpha value is -0.520. The molecule has 100 valence electrons. The molecule has 18 heavy (non-hydrogen) atoms. The van der Waals surface area contributed by atoms with E-state index in [0.717, 1.165) is 5.75 Å². The number of esters is 1. The summed E-state index contributed by atoms with van der Waals surface area (Å²) in [4.78, 5) is 12.7. The van der Waals surface area contributed by atoms with Crippen LogP contribution in [0.4, 0.5) is 0 Å². The lowest BCUT2D eigenvalue weighted by Crippen LogP contribution is -2.34. The van der Waals surface area contributed by atoms with Crippen molar-refractivity contribution in [1.29, 1.82) is 0 Å². The maximum absolute atomic E-state index is 11.5. The number of nitrogens with one attached hydrogen (secondary N) is 1. The van der Waals surface area contributed by atoms with Crippen molar-refractivity contribution in [3.63, 3.8) is 0 Å². The van der Waals surface area contributed by atoms with Crippen LogP contribution in [0.15, 0.2) is 17.5 Å². The van der Waals surface area contributed by atoms with Gasteiger partial charge >= 0.3 is 5.97 Å². The molecule has 2 rings (SSSR count). The van der Waals surface area contributed by atoms with Gasteiger partial charge in [0, 0.05) is 21.9 Å². The van der Waals surface area contributed by atoms with Crippen molar-refractivity contribution in [3.05, 3.63) is 22.4 Å². The van der Waals surface area contributed by atoms with Crippen LogP contribution in [0.2, 0.25) is 0 Å². The molecule has 5 heteroatoms. The zero-order chi connectivity index (χ0) is 13.0. The van der Waals surface area contributed by atoms with Crippen LogP contribution in [0.5, 0.6) is 0 Å². The molecular weight excluding hydrogens is 266 g/mol. The van der Waals surface area contributed by atoms with Crippen molar-refractivity contribution in [2.45, 2.75) is 37.1 Å². The Morgan fingerprint density at radius 3 is 3.06 bits per heavy atom. The van der Waals surface area contributed by atoms with Crippen LogP contribution in [-0.4, -0.2) is 30.1 Å². The van der Waals surface area contributed by atoms with Crippen LogP contribution in [0.3, 0.4) is 0 Å². The quantitative estimate of drug-likeness (QED) is 0.844. The fourth-order valence-corrected chi connectivity index (χ4v) is 4.15. The highest BCUT2D eigenvalue weighted by Gasteiger charge is 2.26. The molecule has 0 amide bonds. The molecule has 0 bridgehead atoms. The fourth-order valence-electron chi connectivity index (χ4n) is 2.20. The Kier molecular flexibility index (Phi) is 5.09. The first kappa shape index (κ1) is 13.9. The third-order valence-corrected chi connectivity index (χ3v) is 5.46. The van der Waals surface area contributed by atoms with E-state index in [9.17, 15) is 4.79 Å². The Labute approximate surface area is 116 Å². The summed E-state index contributed by atoms with van der Waals surface area (Å²) in [5.74, 6) is 0.976. The van der Waals surface area contributed by atoms with E-state index in [1.807, 2.05) is 23.2 Å². The lowest BCUT2D eigenvalue weighted by atomic mass is 10.1. The lowest BCUT2D eigenvalue weighted by Gasteiger charge is -2.21. The number of ether oxygens (including phenoxy) is 1. The molecule has 3 unspecified atom stereocenters. The fraction of sp³-hybridized carbons (Fsp3) is 0.615. The third kappa shape index (κ3) is 3.73. The van der Waals surface area contributed by atoms with Crippen molar-refractivity contribution in [3.8, 4) is 0 Å². The minimum Gasteiger partial charge on any atom is -0.469 e. The van der Waals surface area contributed by atoms with E-state index in [2.05, 4.69) is 18.3 Å². The maximum atomic E-state index is 11.5. The monoisotopic (exact) mass is 285 g/mol. The van der Waals surface area contributed by atoms with Gasteiger partial charge in [-0.15, -0.1) is 11.3 Å². The van der Waals surface area contributed by atoms with Crippen molar-refractivity contribution < 1.29 is 9.53 Å². The second-order valence-corrected chi connectivity index (χ2v) is 7.04. The van der Waals surface area contributed by atoms with Gasteiger partial charge in [-0.3, -0.25) is 4.79 Å². The standard InChI is InChI=1S/C13H19NO2S2/c1-9-6-10(8-18-9)14-11(7-13(15)16-2)12-4-3-5-17-12/h3-5,9-11,14H,6-8H2,1-2H3. The van der Waals surface area contributed by atoms with E-state index in [4.69, 9.17) is 4.74 Å². The largest absolute Gasteiger partial charge is 0.469 e. The van der Waals surface area contributed by atoms with Gasteiger partial charge in [0.05, 0.1) is 19.6 Å². The van der Waals surface area contributed by atoms with E-state index in [1.54, 1.807) is 11.3 Å². The van der Waals surface area contributed by atoms with E-state index in [-0.39, 0.29) is 12.0 Å². The molecule has 1 aliphatic heterocycles. The molecule has 0 radical (unpaired) electrons. The minimum absolute atomic E-state index is 0.0911. The lowest BCUT2D eigenvalue weighted by molar-refractivity contribution is -0.141. The van der Waals surface area contributed by atoms with Gasteiger partial charge in [0.2, 0.25) is 0 Å². The predicted molar refractivity (Wildman–Crippen MR) is 77.2 cm³/mol. The highest BCUT2D eigenvalue weighted by atomic mass is 32.2. The van der Waals surface area contributed by atoms with Gasteiger partial charge in [-0.2, -0.15) is 11.8 Å². The molecule has 3 atom stereocenters. The average Bonchev–Trinajstić information content (AvgIpc) is 2.99. The summed E-state index contributed by atoms with van der Waals surface area (Å²) in [5.41, 5.74) is 0. The molecule has 2 heterocycles. The molecule has 1 fully saturated rings. The maximum Gasteiger partial charge on any atom is 0.307 e. The van der Waals surface area contributed by atoms with Crippen LogP contribution in [0.25, 0.3) is 0 Å². The Morgan fingerprint density at radius 2 is 2.50 bits per heavy atom. The molecule has 1 saturated heterocycles. The number of thiophene rings is 1. The van der Waals surface area contributed by atoms with E-state index in [0.29, 0.717) is 17.7 Å². The number of methoxy groups -OCH3 is 1. The summed E-state index contributed by atoms with van der Waals surface area (Å²) in [6, 6.07) is 4.70. The molecule has 0 aliphatic carbocycles. The van der Waals surface area contributed by atoms with E-state index >= 15 is 0 Å². The molecule has 1 aliphatic rings. The van der Waals surface area contributed by atoms with Gasteiger partial charge in [0.1, 0.15) is 0 Å². The molecule has 1 N–H and O–H groups in total. The third-order valence-electron chi connectivity index (χ3n) is 3.12. The van der Waals surface area contributed by atoms with Crippen LogP contribution >= 0.6 is 23.1 Å². The molecule has 0 spiro atoms. The van der Waals surface area contributed by atoms with Gasteiger partial charge < -0.3 is 10.1 Å². The van der Waals surface area contributed by atoms with E-state index < -0.39 is 0 Å². The van der Waals surface area contributed by atoms with Gasteiger partial charge in [-0.1, -0.05) is 13.0 Å². The molecular formula is C13H19NO2S2. The number of carbonyl (C=O) groups is 1. The molecule has 1 aromatic heterocycles. The van der Waals surface area contributed by atoms with Crippen LogP contribution in [0.1, 0.15) is 30.7 Å². The number of thioether (sulfide) groups is 1. The number of rotatable bonds is 5.